The van der Waals surface area contributed by atoms with Crippen LogP contribution in [0.1, 0.15) is 36.3 Å². The number of hydrogen-bond acceptors (Lipinski definition) is 6. The molecule has 2 aromatic carbocycles. The lowest BCUT2D eigenvalue weighted by atomic mass is 9.76. The van der Waals surface area contributed by atoms with Gasteiger partial charge >= 0.3 is 0 Å². The van der Waals surface area contributed by atoms with Gasteiger partial charge in [-0.1, -0.05) is 18.2 Å². The van der Waals surface area contributed by atoms with E-state index in [0.717, 1.165) is 29.7 Å². The Kier molecular flexibility index (Phi) is 5.87. The Morgan fingerprint density at radius 1 is 1.19 bits per heavy atom. The van der Waals surface area contributed by atoms with Crippen molar-refractivity contribution in [1.82, 2.24) is 4.90 Å². The van der Waals surface area contributed by atoms with Gasteiger partial charge in [0, 0.05) is 24.7 Å². The van der Waals surface area contributed by atoms with Crippen LogP contribution in [-0.4, -0.2) is 24.8 Å². The van der Waals surface area contributed by atoms with Gasteiger partial charge in [-0.2, -0.15) is 5.26 Å². The van der Waals surface area contributed by atoms with Gasteiger partial charge in [0.25, 0.3) is 0 Å². The third kappa shape index (κ3) is 3.80. The van der Waals surface area contributed by atoms with Crippen LogP contribution in [0.15, 0.2) is 65.1 Å². The van der Waals surface area contributed by atoms with E-state index in [1.54, 1.807) is 36.2 Å². The lowest BCUT2D eigenvalue weighted by molar-refractivity contribution is -0.116. The Hall–Kier alpha value is -3.79. The van der Waals surface area contributed by atoms with Crippen LogP contribution in [0.3, 0.4) is 0 Å². The van der Waals surface area contributed by atoms with E-state index >= 15 is 0 Å². The molecule has 32 heavy (non-hydrogen) atoms. The number of nitrogens with zero attached hydrogens (tertiary/aromatic N) is 2. The fourth-order valence-electron chi connectivity index (χ4n) is 4.32. The Balaban J connectivity index is 1.70. The van der Waals surface area contributed by atoms with Crippen molar-refractivity contribution in [2.75, 3.05) is 14.2 Å². The fraction of sp³-hybridized carbons (Fsp3) is 0.280. The van der Waals surface area contributed by atoms with Gasteiger partial charge in [0.05, 0.1) is 24.7 Å². The summed E-state index contributed by atoms with van der Waals surface area (Å²) < 4.78 is 24.5. The van der Waals surface area contributed by atoms with E-state index in [-0.39, 0.29) is 18.2 Å². The first-order chi connectivity index (χ1) is 15.4. The van der Waals surface area contributed by atoms with Crippen molar-refractivity contribution in [1.29, 1.82) is 5.26 Å². The monoisotopic (exact) mass is 433 g/mol. The first-order valence-electron chi connectivity index (χ1n) is 10.4. The highest BCUT2D eigenvalue weighted by Crippen LogP contribution is 2.45. The fourth-order valence-corrected chi connectivity index (χ4v) is 4.32. The minimum absolute atomic E-state index is 0.0407. The first kappa shape index (κ1) is 21.4. The predicted octanol–water partition coefficient (Wildman–Crippen LogP) is 4.14. The van der Waals surface area contributed by atoms with Crippen LogP contribution in [0.2, 0.25) is 0 Å². The number of methoxy groups -OCH3 is 1. The summed E-state index contributed by atoms with van der Waals surface area (Å²) in [5.41, 5.74) is 9.71. The number of hydrogen-bond donors (Lipinski definition) is 1. The van der Waals surface area contributed by atoms with Gasteiger partial charge in [-0.3, -0.25) is 4.79 Å². The van der Waals surface area contributed by atoms with Gasteiger partial charge in [-0.15, -0.1) is 0 Å². The van der Waals surface area contributed by atoms with Gasteiger partial charge in [0.1, 0.15) is 18.2 Å². The van der Waals surface area contributed by atoms with E-state index in [1.807, 2.05) is 6.07 Å². The van der Waals surface area contributed by atoms with Gasteiger partial charge in [0.15, 0.2) is 17.3 Å². The molecule has 1 aliphatic carbocycles. The van der Waals surface area contributed by atoms with E-state index in [9.17, 15) is 14.4 Å². The molecule has 2 N–H and O–H groups in total. The van der Waals surface area contributed by atoms with Crippen molar-refractivity contribution in [3.8, 4) is 17.6 Å². The Morgan fingerprint density at radius 2 is 1.94 bits per heavy atom. The second kappa shape index (κ2) is 8.75. The lowest BCUT2D eigenvalue weighted by Gasteiger charge is -2.37. The minimum Gasteiger partial charge on any atom is -0.493 e. The normalized spacial score (nSPS) is 18.4. The summed E-state index contributed by atoms with van der Waals surface area (Å²) in [6, 6.07) is 13.7. The summed E-state index contributed by atoms with van der Waals surface area (Å²) in [5.74, 6) is 0.540. The Labute approximate surface area is 186 Å². The molecule has 0 spiro atoms. The molecule has 6 nitrogen and oxygen atoms in total. The summed E-state index contributed by atoms with van der Waals surface area (Å²) in [6.07, 6.45) is 1.96. The number of Topliss-reactive ketones (excluding diaryl/α,β-unsaturated/α-hetero) is 1. The second-order valence-corrected chi connectivity index (χ2v) is 7.87. The maximum absolute atomic E-state index is 13.1. The van der Waals surface area contributed by atoms with Crippen molar-refractivity contribution in [3.63, 3.8) is 0 Å². The quantitative estimate of drug-likeness (QED) is 0.762. The molecule has 0 saturated heterocycles. The van der Waals surface area contributed by atoms with Crippen LogP contribution < -0.4 is 15.2 Å². The molecule has 2 aliphatic rings. The topological polar surface area (TPSA) is 88.6 Å². The molecular formula is C25H24FN3O3. The van der Waals surface area contributed by atoms with Crippen molar-refractivity contribution in [2.24, 2.45) is 5.73 Å². The average Bonchev–Trinajstić information content (AvgIpc) is 2.81. The largest absolute Gasteiger partial charge is 0.493 e. The number of nitrogens with two attached hydrogens (primary N) is 1. The number of ketones is 1. The number of ether oxygens (including phenoxy) is 2. The number of allylic oxidation sites excluding steroid dienone is 3. The molecule has 0 saturated carbocycles. The molecule has 0 fully saturated rings. The molecule has 7 heteroatoms. The molecule has 1 heterocycles. The highest BCUT2D eigenvalue weighted by Gasteiger charge is 2.38. The standard InChI is InChI=1S/C25H24FN3O3/c1-29-19-4-3-5-20(30)24(19)23(18(13-27)25(29)28)16-8-11-21(22(12-16)31-2)32-14-15-6-9-17(26)10-7-15/h6-12,23H,3-5,14,28H2,1-2H3/t23-/m1/s1. The average molecular weight is 433 g/mol. The summed E-state index contributed by atoms with van der Waals surface area (Å²) in [4.78, 5) is 14.7. The van der Waals surface area contributed by atoms with Crippen LogP contribution in [-0.2, 0) is 11.4 Å². The molecule has 164 valence electrons. The van der Waals surface area contributed by atoms with Crippen molar-refractivity contribution >= 4 is 5.78 Å². The number of benzene rings is 2. The number of rotatable bonds is 5. The Bertz CT molecular complexity index is 1160. The zero-order chi connectivity index (χ0) is 22.8. The van der Waals surface area contributed by atoms with Crippen LogP contribution >= 0.6 is 0 Å². The molecule has 1 aliphatic heterocycles. The molecule has 4 rings (SSSR count). The van der Waals surface area contributed by atoms with Gasteiger partial charge in [-0.05, 0) is 48.2 Å². The zero-order valence-electron chi connectivity index (χ0n) is 18.0. The van der Waals surface area contributed by atoms with Gasteiger partial charge in [0.2, 0.25) is 0 Å². The minimum atomic E-state index is -0.543. The molecule has 0 radical (unpaired) electrons. The van der Waals surface area contributed by atoms with Crippen LogP contribution in [0.25, 0.3) is 0 Å². The maximum atomic E-state index is 13.1. The van der Waals surface area contributed by atoms with Crippen LogP contribution in [0.5, 0.6) is 11.5 Å². The summed E-state index contributed by atoms with van der Waals surface area (Å²) in [7, 11) is 3.33. The third-order valence-electron chi connectivity index (χ3n) is 6.00. The van der Waals surface area contributed by atoms with Gasteiger partial charge < -0.3 is 20.1 Å². The van der Waals surface area contributed by atoms with Crippen LogP contribution in [0, 0.1) is 17.1 Å². The summed E-state index contributed by atoms with van der Waals surface area (Å²) >= 11 is 0. The number of nitriles is 1. The van der Waals surface area contributed by atoms with Gasteiger partial charge in [-0.25, -0.2) is 4.39 Å². The molecule has 0 aromatic heterocycles. The molecule has 0 amide bonds. The molecule has 2 aromatic rings. The molecule has 0 unspecified atom stereocenters. The third-order valence-corrected chi connectivity index (χ3v) is 6.00. The zero-order valence-corrected chi connectivity index (χ0v) is 18.0. The summed E-state index contributed by atoms with van der Waals surface area (Å²) in [6.45, 7) is 0.244. The van der Waals surface area contributed by atoms with Crippen molar-refractivity contribution in [2.45, 2.75) is 31.8 Å². The van der Waals surface area contributed by atoms with E-state index < -0.39 is 5.92 Å². The highest BCUT2D eigenvalue weighted by molar-refractivity contribution is 5.99. The van der Waals surface area contributed by atoms with Crippen molar-refractivity contribution in [3.05, 3.63) is 82.1 Å². The van der Waals surface area contributed by atoms with E-state index in [2.05, 4.69) is 6.07 Å². The molecular weight excluding hydrogens is 409 g/mol. The van der Waals surface area contributed by atoms with Crippen LogP contribution in [0.4, 0.5) is 4.39 Å². The SMILES string of the molecule is COc1cc([C@@H]2C(C#N)=C(N)N(C)C3=C2C(=O)CCC3)ccc1OCc1ccc(F)cc1. The number of carbonyl (C=O) groups is 1. The highest BCUT2D eigenvalue weighted by atomic mass is 19.1. The van der Waals surface area contributed by atoms with E-state index in [1.165, 1.54) is 19.2 Å². The predicted molar refractivity (Wildman–Crippen MR) is 117 cm³/mol. The van der Waals surface area contributed by atoms with E-state index in [4.69, 9.17) is 15.2 Å². The first-order valence-corrected chi connectivity index (χ1v) is 10.4. The van der Waals surface area contributed by atoms with E-state index in [0.29, 0.717) is 34.9 Å². The smallest absolute Gasteiger partial charge is 0.161 e. The van der Waals surface area contributed by atoms with Crippen molar-refractivity contribution < 1.29 is 18.7 Å². The molecule has 0 bridgehead atoms. The number of carbonyl (C=O) groups excluding carboxylic acids is 1. The molecule has 1 atom stereocenters. The number of halogens is 1. The lowest BCUT2D eigenvalue weighted by Crippen LogP contribution is -2.36. The Morgan fingerprint density at radius 3 is 2.62 bits per heavy atom. The second-order valence-electron chi connectivity index (χ2n) is 7.87. The summed E-state index contributed by atoms with van der Waals surface area (Å²) in [5, 5.41) is 9.87. The maximum Gasteiger partial charge on any atom is 0.161 e.